The number of fused-ring (bicyclic) bond motifs is 7. The van der Waals surface area contributed by atoms with E-state index in [1.165, 1.54) is 22.3 Å². The molecule has 0 unspecified atom stereocenters. The fourth-order valence-corrected chi connectivity index (χ4v) is 4.34. The van der Waals surface area contributed by atoms with E-state index in [0.29, 0.717) is 18.6 Å². The lowest BCUT2D eigenvalue weighted by atomic mass is 9.76. The predicted octanol–water partition coefficient (Wildman–Crippen LogP) is 3.18. The molecule has 140 valence electrons. The van der Waals surface area contributed by atoms with Crippen molar-refractivity contribution >= 4 is 27.0 Å². The second-order valence-corrected chi connectivity index (χ2v) is 6.73. The molecule has 3 aliphatic rings. The Labute approximate surface area is 166 Å². The van der Waals surface area contributed by atoms with Gasteiger partial charge in [-0.2, -0.15) is 27.0 Å². The first-order valence-electron chi connectivity index (χ1n) is 8.20. The molecule has 3 heterocycles. The zero-order chi connectivity index (χ0) is 16.4. The van der Waals surface area contributed by atoms with E-state index in [1.807, 2.05) is 12.1 Å². The molecule has 0 radical (unpaired) electrons. The smallest absolute Gasteiger partial charge is 0.231 e. The number of methoxy groups -OCH3 is 1. The topological polar surface area (TPSA) is 51.2 Å². The van der Waals surface area contributed by atoms with E-state index >= 15 is 0 Å². The molecule has 0 fully saturated rings. The van der Waals surface area contributed by atoms with Gasteiger partial charge in [-0.25, -0.2) is 0 Å². The molecule has 3 aliphatic heterocycles. The molecule has 7 heteroatoms. The van der Waals surface area contributed by atoms with Crippen LogP contribution in [0.15, 0.2) is 24.3 Å². The lowest BCUT2D eigenvalue weighted by Crippen LogP contribution is -2.40. The van der Waals surface area contributed by atoms with Gasteiger partial charge < -0.3 is 19.3 Å². The Bertz CT molecular complexity index is 858. The molecule has 26 heavy (non-hydrogen) atoms. The van der Waals surface area contributed by atoms with Crippen LogP contribution in [0.2, 0.25) is 0 Å². The summed E-state index contributed by atoms with van der Waals surface area (Å²) in [5.41, 5.74) is 5.07. The standard InChI is InChI=1S/C19H19NO4.2H2S/c1-20-14-4-11-6-18-19(24-9-23-18)8-13(11)15(20)3-10-5-17(22-2)16(21)7-12(10)14;;/h5-8,14-15,21H,3-4,9H2,1-2H3;2*1H2/t14-,15-;;/m0../s1. The molecule has 5 nitrogen and oxygen atoms in total. The molecule has 0 saturated carbocycles. The third-order valence-corrected chi connectivity index (χ3v) is 5.60. The van der Waals surface area contributed by atoms with Crippen molar-refractivity contribution in [1.82, 2.24) is 4.90 Å². The lowest BCUT2D eigenvalue weighted by molar-refractivity contribution is 0.137. The predicted molar refractivity (Wildman–Crippen MR) is 109 cm³/mol. The van der Waals surface area contributed by atoms with E-state index in [4.69, 9.17) is 14.2 Å². The van der Waals surface area contributed by atoms with Gasteiger partial charge >= 0.3 is 0 Å². The molecule has 1 N–H and O–H groups in total. The first kappa shape index (κ1) is 19.1. The average molecular weight is 394 g/mol. The van der Waals surface area contributed by atoms with Crippen molar-refractivity contribution in [3.05, 3.63) is 46.5 Å². The number of phenols is 1. The molecule has 0 spiro atoms. The average Bonchev–Trinajstić information content (AvgIpc) is 3.02. The summed E-state index contributed by atoms with van der Waals surface area (Å²) in [7, 11) is 3.75. The van der Waals surface area contributed by atoms with Crippen molar-refractivity contribution in [1.29, 1.82) is 0 Å². The highest BCUT2D eigenvalue weighted by atomic mass is 32.1. The highest BCUT2D eigenvalue weighted by molar-refractivity contribution is 7.59. The van der Waals surface area contributed by atoms with Gasteiger partial charge in [-0.1, -0.05) is 0 Å². The van der Waals surface area contributed by atoms with Crippen LogP contribution in [0.5, 0.6) is 23.0 Å². The summed E-state index contributed by atoms with van der Waals surface area (Å²) in [5.74, 6) is 2.44. The minimum atomic E-state index is 0. The molecule has 0 aromatic heterocycles. The fraction of sp³-hybridized carbons (Fsp3) is 0.368. The van der Waals surface area contributed by atoms with Crippen LogP contribution in [0.1, 0.15) is 34.3 Å². The molecule has 2 bridgehead atoms. The van der Waals surface area contributed by atoms with Crippen molar-refractivity contribution in [2.24, 2.45) is 0 Å². The molecule has 2 aromatic carbocycles. The van der Waals surface area contributed by atoms with E-state index in [2.05, 4.69) is 24.1 Å². The Morgan fingerprint density at radius 3 is 2.19 bits per heavy atom. The largest absolute Gasteiger partial charge is 0.504 e. The second-order valence-electron chi connectivity index (χ2n) is 6.73. The third kappa shape index (κ3) is 2.61. The summed E-state index contributed by atoms with van der Waals surface area (Å²) < 4.78 is 16.4. The minimum absolute atomic E-state index is 0. The number of benzene rings is 2. The quantitative estimate of drug-likeness (QED) is 0.806. The maximum absolute atomic E-state index is 10.2. The number of phenolic OH excluding ortho intramolecular Hbond substituents is 1. The second kappa shape index (κ2) is 6.79. The van der Waals surface area contributed by atoms with Crippen molar-refractivity contribution in [2.45, 2.75) is 24.9 Å². The maximum atomic E-state index is 10.2. The normalized spacial score (nSPS) is 21.8. The van der Waals surface area contributed by atoms with Crippen LogP contribution in [-0.4, -0.2) is 31.0 Å². The van der Waals surface area contributed by atoms with Crippen LogP contribution in [0.4, 0.5) is 0 Å². The zero-order valence-electron chi connectivity index (χ0n) is 14.7. The van der Waals surface area contributed by atoms with Crippen molar-refractivity contribution < 1.29 is 19.3 Å². The van der Waals surface area contributed by atoms with Gasteiger partial charge in [0, 0.05) is 12.1 Å². The van der Waals surface area contributed by atoms with Crippen molar-refractivity contribution in [2.75, 3.05) is 21.0 Å². The summed E-state index contributed by atoms with van der Waals surface area (Å²) in [6.07, 6.45) is 1.79. The first-order valence-corrected chi connectivity index (χ1v) is 8.20. The lowest BCUT2D eigenvalue weighted by Gasteiger charge is -2.46. The molecular formula is C19H23NO4S2. The van der Waals surface area contributed by atoms with Crippen molar-refractivity contribution in [3.63, 3.8) is 0 Å². The number of aromatic hydroxyl groups is 1. The highest BCUT2D eigenvalue weighted by Crippen LogP contribution is 2.50. The van der Waals surface area contributed by atoms with Gasteiger partial charge in [0.15, 0.2) is 23.0 Å². The Morgan fingerprint density at radius 1 is 0.962 bits per heavy atom. The monoisotopic (exact) mass is 393 g/mol. The van der Waals surface area contributed by atoms with Crippen LogP contribution in [-0.2, 0) is 12.8 Å². The summed E-state index contributed by atoms with van der Waals surface area (Å²) in [6, 6.07) is 8.66. The van der Waals surface area contributed by atoms with Crippen LogP contribution in [0.3, 0.4) is 0 Å². The Kier molecular flexibility index (Phi) is 4.98. The molecule has 2 aromatic rings. The number of likely N-dealkylation sites (N-methyl/N-ethyl adjacent to an activating group) is 1. The molecule has 0 aliphatic carbocycles. The Balaban J connectivity index is 0.000000980. The fourth-order valence-electron chi connectivity index (χ4n) is 4.34. The molecule has 0 saturated heterocycles. The highest BCUT2D eigenvalue weighted by Gasteiger charge is 2.39. The minimum Gasteiger partial charge on any atom is -0.504 e. The van der Waals surface area contributed by atoms with Crippen LogP contribution in [0.25, 0.3) is 0 Å². The number of nitrogens with zero attached hydrogens (tertiary/aromatic N) is 1. The van der Waals surface area contributed by atoms with Gasteiger partial charge in [0.2, 0.25) is 6.79 Å². The first-order chi connectivity index (χ1) is 11.7. The van der Waals surface area contributed by atoms with Gasteiger partial charge in [-0.05, 0) is 66.4 Å². The molecule has 5 rings (SSSR count). The van der Waals surface area contributed by atoms with Crippen LogP contribution < -0.4 is 14.2 Å². The maximum Gasteiger partial charge on any atom is 0.231 e. The van der Waals surface area contributed by atoms with Gasteiger partial charge in [-0.3, -0.25) is 4.90 Å². The summed E-state index contributed by atoms with van der Waals surface area (Å²) >= 11 is 0. The summed E-state index contributed by atoms with van der Waals surface area (Å²) in [5, 5.41) is 10.2. The van der Waals surface area contributed by atoms with Crippen molar-refractivity contribution in [3.8, 4) is 23.0 Å². The van der Waals surface area contributed by atoms with E-state index in [9.17, 15) is 5.11 Å². The van der Waals surface area contributed by atoms with Crippen LogP contribution in [0, 0.1) is 0 Å². The molecule has 0 amide bonds. The summed E-state index contributed by atoms with van der Waals surface area (Å²) in [4.78, 5) is 2.40. The molecular weight excluding hydrogens is 370 g/mol. The number of hydrogen-bond acceptors (Lipinski definition) is 5. The molecule has 2 atom stereocenters. The Hall–Kier alpha value is -1.70. The van der Waals surface area contributed by atoms with E-state index in [1.54, 1.807) is 7.11 Å². The SMILES string of the molecule is COc1cc2c(cc1O)[C@@H]1Cc3cc4c(cc3[C@H](C2)N1C)OCO4.S.S. The summed E-state index contributed by atoms with van der Waals surface area (Å²) in [6.45, 7) is 0.299. The van der Waals surface area contributed by atoms with Crippen LogP contribution >= 0.6 is 27.0 Å². The van der Waals surface area contributed by atoms with E-state index in [-0.39, 0.29) is 38.8 Å². The van der Waals surface area contributed by atoms with Gasteiger partial charge in [0.25, 0.3) is 0 Å². The van der Waals surface area contributed by atoms with Gasteiger partial charge in [0.05, 0.1) is 7.11 Å². The zero-order valence-corrected chi connectivity index (χ0v) is 16.7. The van der Waals surface area contributed by atoms with E-state index < -0.39 is 0 Å². The van der Waals surface area contributed by atoms with Gasteiger partial charge in [-0.15, -0.1) is 0 Å². The van der Waals surface area contributed by atoms with Gasteiger partial charge in [0.1, 0.15) is 0 Å². The number of hydrogen-bond donors (Lipinski definition) is 1. The third-order valence-electron chi connectivity index (χ3n) is 5.60. The Morgan fingerprint density at radius 2 is 1.54 bits per heavy atom. The number of rotatable bonds is 1. The number of ether oxygens (including phenoxy) is 3. The van der Waals surface area contributed by atoms with E-state index in [0.717, 1.165) is 24.3 Å².